The van der Waals surface area contributed by atoms with Crippen molar-refractivity contribution in [1.29, 1.82) is 0 Å². The van der Waals surface area contributed by atoms with Gasteiger partial charge in [-0.15, -0.1) is 0 Å². The van der Waals surface area contributed by atoms with Crippen LogP contribution in [0.4, 0.5) is 13.2 Å². The van der Waals surface area contributed by atoms with E-state index >= 15 is 0 Å². The fourth-order valence-corrected chi connectivity index (χ4v) is 2.08. The molecule has 0 N–H and O–H groups in total. The number of allylic oxidation sites excluding steroid dienone is 2. The summed E-state index contributed by atoms with van der Waals surface area (Å²) in [7, 11) is 0. The highest BCUT2D eigenvalue weighted by Crippen LogP contribution is 2.24. The number of hydrogen-bond donors (Lipinski definition) is 0. The van der Waals surface area contributed by atoms with E-state index in [2.05, 4.69) is 11.8 Å². The van der Waals surface area contributed by atoms with Crippen LogP contribution in [0.5, 0.6) is 0 Å². The Morgan fingerprint density at radius 1 is 1.14 bits per heavy atom. The van der Waals surface area contributed by atoms with Gasteiger partial charge in [-0.1, -0.05) is 48.2 Å². The van der Waals surface area contributed by atoms with E-state index in [1.165, 1.54) is 0 Å². The summed E-state index contributed by atoms with van der Waals surface area (Å²) in [6.45, 7) is -0.0985. The lowest BCUT2D eigenvalue weighted by Crippen LogP contribution is -2.30. The van der Waals surface area contributed by atoms with Gasteiger partial charge in [-0.2, -0.15) is 13.2 Å². The van der Waals surface area contributed by atoms with E-state index in [4.69, 9.17) is 4.74 Å². The Bertz CT molecular complexity index is 535. The summed E-state index contributed by atoms with van der Waals surface area (Å²) in [4.78, 5) is 0. The smallest absolute Gasteiger partial charge is 0.352 e. The summed E-state index contributed by atoms with van der Waals surface area (Å²) >= 11 is 0. The van der Waals surface area contributed by atoms with E-state index in [0.717, 1.165) is 31.3 Å². The predicted octanol–water partition coefficient (Wildman–Crippen LogP) is 4.64. The van der Waals surface area contributed by atoms with Gasteiger partial charge < -0.3 is 4.74 Å². The van der Waals surface area contributed by atoms with Crippen LogP contribution in [0, 0.1) is 11.8 Å². The maximum absolute atomic E-state index is 12.9. The van der Waals surface area contributed by atoms with Gasteiger partial charge in [-0.05, 0) is 36.8 Å². The van der Waals surface area contributed by atoms with Crippen molar-refractivity contribution in [3.05, 3.63) is 47.5 Å². The van der Waals surface area contributed by atoms with E-state index in [1.807, 2.05) is 6.08 Å². The molecule has 0 spiro atoms. The van der Waals surface area contributed by atoms with Crippen molar-refractivity contribution >= 4 is 0 Å². The van der Waals surface area contributed by atoms with Gasteiger partial charge in [0.05, 0.1) is 6.61 Å². The summed E-state index contributed by atoms with van der Waals surface area (Å²) in [5, 5.41) is 0. The second-order valence-electron chi connectivity index (χ2n) is 4.96. The summed E-state index contributed by atoms with van der Waals surface area (Å²) in [6.07, 6.45) is -0.874. The zero-order valence-electron chi connectivity index (χ0n) is 11.6. The van der Waals surface area contributed by atoms with Crippen LogP contribution < -0.4 is 0 Å². The minimum atomic E-state index is -4.48. The van der Waals surface area contributed by atoms with Crippen LogP contribution >= 0.6 is 0 Å². The molecule has 0 amide bonds. The Balaban J connectivity index is 2.02. The third-order valence-electron chi connectivity index (χ3n) is 3.21. The number of halogens is 3. The van der Waals surface area contributed by atoms with Crippen molar-refractivity contribution in [2.45, 2.75) is 44.6 Å². The van der Waals surface area contributed by atoms with Crippen molar-refractivity contribution in [1.82, 2.24) is 0 Å². The van der Waals surface area contributed by atoms with E-state index < -0.39 is 12.3 Å². The van der Waals surface area contributed by atoms with Gasteiger partial charge >= 0.3 is 6.18 Å². The SMILES string of the molecule is FC(F)(F)[C@@H](C#CC1=CCCCC1)OCc1ccccc1. The Labute approximate surface area is 122 Å². The van der Waals surface area contributed by atoms with Crippen molar-refractivity contribution in [2.75, 3.05) is 0 Å². The lowest BCUT2D eigenvalue weighted by Gasteiger charge is -2.16. The van der Waals surface area contributed by atoms with Gasteiger partial charge in [0.1, 0.15) is 0 Å². The molecule has 0 heterocycles. The van der Waals surface area contributed by atoms with E-state index in [9.17, 15) is 13.2 Å². The molecule has 1 nitrogen and oxygen atoms in total. The molecule has 1 aromatic rings. The molecular weight excluding hydrogens is 277 g/mol. The lowest BCUT2D eigenvalue weighted by atomic mass is 10.00. The quantitative estimate of drug-likeness (QED) is 0.738. The molecule has 0 radical (unpaired) electrons. The molecule has 112 valence electrons. The van der Waals surface area contributed by atoms with Crippen LogP contribution in [-0.4, -0.2) is 12.3 Å². The monoisotopic (exact) mass is 294 g/mol. The Morgan fingerprint density at radius 3 is 2.52 bits per heavy atom. The molecule has 1 atom stereocenters. The predicted molar refractivity (Wildman–Crippen MR) is 75.4 cm³/mol. The molecule has 0 bridgehead atoms. The molecule has 0 saturated carbocycles. The molecule has 4 heteroatoms. The maximum atomic E-state index is 12.9. The third kappa shape index (κ3) is 5.28. The second-order valence-corrected chi connectivity index (χ2v) is 4.96. The van der Waals surface area contributed by atoms with E-state index in [0.29, 0.717) is 5.56 Å². The number of ether oxygens (including phenoxy) is 1. The first-order chi connectivity index (χ1) is 10.1. The topological polar surface area (TPSA) is 9.23 Å². The van der Waals surface area contributed by atoms with Crippen molar-refractivity contribution in [2.24, 2.45) is 0 Å². The van der Waals surface area contributed by atoms with Gasteiger partial charge in [0.15, 0.2) is 0 Å². The highest BCUT2D eigenvalue weighted by atomic mass is 19.4. The molecule has 1 aliphatic rings. The molecule has 2 rings (SSSR count). The normalized spacial score (nSPS) is 16.6. The average Bonchev–Trinajstić information content (AvgIpc) is 2.48. The first-order valence-corrected chi connectivity index (χ1v) is 6.98. The van der Waals surface area contributed by atoms with Crippen LogP contribution in [0.1, 0.15) is 31.2 Å². The summed E-state index contributed by atoms with van der Waals surface area (Å²) in [5.41, 5.74) is 1.49. The van der Waals surface area contributed by atoms with Crippen LogP contribution in [-0.2, 0) is 11.3 Å². The maximum Gasteiger partial charge on any atom is 0.426 e. The minimum Gasteiger partial charge on any atom is -0.352 e. The number of rotatable bonds is 3. The Morgan fingerprint density at radius 2 is 1.90 bits per heavy atom. The van der Waals surface area contributed by atoms with E-state index in [1.54, 1.807) is 30.3 Å². The van der Waals surface area contributed by atoms with Gasteiger partial charge in [0.2, 0.25) is 6.10 Å². The minimum absolute atomic E-state index is 0.0985. The molecule has 0 aliphatic heterocycles. The molecule has 0 fully saturated rings. The van der Waals surface area contributed by atoms with Crippen molar-refractivity contribution in [3.63, 3.8) is 0 Å². The van der Waals surface area contributed by atoms with Crippen LogP contribution in [0.15, 0.2) is 42.0 Å². The molecule has 0 aromatic heterocycles. The zero-order valence-corrected chi connectivity index (χ0v) is 11.6. The zero-order chi connectivity index (χ0) is 15.1. The number of benzene rings is 1. The van der Waals surface area contributed by atoms with Gasteiger partial charge in [-0.3, -0.25) is 0 Å². The first-order valence-electron chi connectivity index (χ1n) is 6.98. The summed E-state index contributed by atoms with van der Waals surface area (Å²) in [5.74, 6) is 4.86. The highest BCUT2D eigenvalue weighted by molar-refractivity contribution is 5.31. The Kier molecular flexibility index (Phi) is 5.46. The largest absolute Gasteiger partial charge is 0.426 e. The molecule has 21 heavy (non-hydrogen) atoms. The van der Waals surface area contributed by atoms with Gasteiger partial charge in [0.25, 0.3) is 0 Å². The molecular formula is C17H17F3O. The average molecular weight is 294 g/mol. The second kappa shape index (κ2) is 7.33. The lowest BCUT2D eigenvalue weighted by molar-refractivity contribution is -0.203. The Hall–Kier alpha value is -1.73. The number of hydrogen-bond acceptors (Lipinski definition) is 1. The van der Waals surface area contributed by atoms with Crippen molar-refractivity contribution < 1.29 is 17.9 Å². The standard InChI is InChI=1S/C17H17F3O/c18-17(19,20)16(12-11-14-7-3-1-4-8-14)21-13-15-9-5-2-6-10-15/h2,5-7,9-10,16H,1,3-4,8,13H2/t16-/m1/s1. The molecule has 0 saturated heterocycles. The third-order valence-corrected chi connectivity index (χ3v) is 3.21. The van der Waals surface area contributed by atoms with Crippen LogP contribution in [0.25, 0.3) is 0 Å². The number of alkyl halides is 3. The van der Waals surface area contributed by atoms with Crippen molar-refractivity contribution in [3.8, 4) is 11.8 Å². The van der Waals surface area contributed by atoms with Crippen LogP contribution in [0.3, 0.4) is 0 Å². The van der Waals surface area contributed by atoms with Crippen LogP contribution in [0.2, 0.25) is 0 Å². The first kappa shape index (κ1) is 15.7. The fourth-order valence-electron chi connectivity index (χ4n) is 2.08. The summed E-state index contributed by atoms with van der Waals surface area (Å²) in [6, 6.07) is 8.79. The molecule has 1 aromatic carbocycles. The molecule has 1 aliphatic carbocycles. The van der Waals surface area contributed by atoms with E-state index in [-0.39, 0.29) is 6.61 Å². The molecule has 0 unspecified atom stereocenters. The van der Waals surface area contributed by atoms with Gasteiger partial charge in [-0.25, -0.2) is 0 Å². The highest BCUT2D eigenvalue weighted by Gasteiger charge is 2.39. The summed E-state index contributed by atoms with van der Waals surface area (Å²) < 4.78 is 43.7. The fraction of sp³-hybridized carbons (Fsp3) is 0.412. The van der Waals surface area contributed by atoms with Gasteiger partial charge in [0, 0.05) is 0 Å².